The Balaban J connectivity index is 0.000000876. The minimum atomic E-state index is -5.08. The van der Waals surface area contributed by atoms with Crippen LogP contribution in [-0.2, 0) is 32.5 Å². The van der Waals surface area contributed by atoms with Crippen molar-refractivity contribution in [2.24, 2.45) is 0 Å². The standard InChI is InChI=1S/C36H40N6O5S.C2HF3O2/c1-5-19-41(23-31(36(44)45)40-48(46,47)34-25(3)20-24(2)21-26(34)4)35(43)28-15-17-32-29(22-28)30(16-14-27-11-7-6-8-12-27)38-42(32)39-33-13-9-10-18-37-33;3-2(4,5)1(6)7/h6-13,15,17-18,20-22,31,40H,5,14,16,19,23H2,1-4H3,(H,37,39)(H,44,45);(H,6,7)/t31-;/m0./s1. The Morgan fingerprint density at radius 3 is 2.11 bits per heavy atom. The van der Waals surface area contributed by atoms with Crippen LogP contribution in [0.1, 0.15) is 51.7 Å². The summed E-state index contributed by atoms with van der Waals surface area (Å²) in [6.45, 7) is 6.96. The lowest BCUT2D eigenvalue weighted by Gasteiger charge is -2.26. The van der Waals surface area contributed by atoms with Crippen molar-refractivity contribution in [2.45, 2.75) is 64.1 Å². The third kappa shape index (κ3) is 11.1. The van der Waals surface area contributed by atoms with E-state index < -0.39 is 40.1 Å². The van der Waals surface area contributed by atoms with Crippen LogP contribution in [0.15, 0.2) is 90.0 Å². The predicted octanol–water partition coefficient (Wildman–Crippen LogP) is 5.93. The highest BCUT2D eigenvalue weighted by Crippen LogP contribution is 2.25. The lowest BCUT2D eigenvalue weighted by Crippen LogP contribution is -2.50. The van der Waals surface area contributed by atoms with Crippen molar-refractivity contribution in [2.75, 3.05) is 18.5 Å². The van der Waals surface area contributed by atoms with Crippen LogP contribution in [0.5, 0.6) is 0 Å². The molecule has 292 valence electrons. The number of aromatic nitrogens is 3. The number of carboxylic acid groups (broad SMARTS) is 2. The molecule has 2 heterocycles. The summed E-state index contributed by atoms with van der Waals surface area (Å²) in [6.07, 6.45) is -1.53. The Bertz CT molecular complexity index is 2230. The molecule has 5 rings (SSSR count). The molecule has 55 heavy (non-hydrogen) atoms. The number of pyridine rings is 1. The summed E-state index contributed by atoms with van der Waals surface area (Å²) in [4.78, 5) is 42.7. The summed E-state index contributed by atoms with van der Waals surface area (Å²) in [5.74, 6) is -3.95. The number of sulfonamides is 1. The average Bonchev–Trinajstić information content (AvgIpc) is 3.45. The van der Waals surface area contributed by atoms with Crippen molar-refractivity contribution in [3.8, 4) is 0 Å². The van der Waals surface area contributed by atoms with Gasteiger partial charge in [0.2, 0.25) is 10.0 Å². The molecule has 0 unspecified atom stereocenters. The van der Waals surface area contributed by atoms with Crippen molar-refractivity contribution in [3.05, 3.63) is 119 Å². The number of anilines is 1. The van der Waals surface area contributed by atoms with Gasteiger partial charge in [-0.05, 0) is 87.1 Å². The van der Waals surface area contributed by atoms with E-state index in [1.807, 2.05) is 50.2 Å². The van der Waals surface area contributed by atoms with Crippen LogP contribution in [0.25, 0.3) is 10.9 Å². The third-order valence-electron chi connectivity index (χ3n) is 8.28. The van der Waals surface area contributed by atoms with E-state index in [4.69, 9.17) is 15.0 Å². The maximum absolute atomic E-state index is 14.0. The van der Waals surface area contributed by atoms with Gasteiger partial charge in [-0.15, -0.1) is 0 Å². The van der Waals surface area contributed by atoms with Crippen molar-refractivity contribution in [1.82, 2.24) is 24.5 Å². The Labute approximate surface area is 315 Å². The minimum absolute atomic E-state index is 0.0394. The molecule has 13 nitrogen and oxygen atoms in total. The summed E-state index contributed by atoms with van der Waals surface area (Å²) in [7, 11) is -4.21. The molecule has 3 aromatic carbocycles. The van der Waals surface area contributed by atoms with Gasteiger partial charge in [0.05, 0.1) is 16.1 Å². The van der Waals surface area contributed by atoms with Gasteiger partial charge >= 0.3 is 18.1 Å². The highest BCUT2D eigenvalue weighted by atomic mass is 32.2. The van der Waals surface area contributed by atoms with Gasteiger partial charge in [-0.1, -0.05) is 61.0 Å². The molecular formula is C38H41F3N6O7S. The second kappa shape index (κ2) is 18.0. The quantitative estimate of drug-likeness (QED) is 0.105. The van der Waals surface area contributed by atoms with Gasteiger partial charge in [-0.2, -0.15) is 27.8 Å². The molecule has 17 heteroatoms. The number of fused-ring (bicyclic) bond motifs is 1. The van der Waals surface area contributed by atoms with Crippen molar-refractivity contribution >= 4 is 44.6 Å². The number of aryl methyl sites for hydroxylation is 5. The average molecular weight is 783 g/mol. The zero-order chi connectivity index (χ0) is 40.5. The van der Waals surface area contributed by atoms with Gasteiger partial charge in [-0.3, -0.25) is 15.0 Å². The number of hydrogen-bond acceptors (Lipinski definition) is 8. The number of nitrogens with zero attached hydrogens (tertiary/aromatic N) is 4. The topological polar surface area (TPSA) is 184 Å². The summed E-state index contributed by atoms with van der Waals surface area (Å²) >= 11 is 0. The van der Waals surface area contributed by atoms with Gasteiger partial charge in [0, 0.05) is 30.2 Å². The van der Waals surface area contributed by atoms with E-state index in [0.717, 1.165) is 34.1 Å². The molecule has 0 bridgehead atoms. The lowest BCUT2D eigenvalue weighted by atomic mass is 10.0. The van der Waals surface area contributed by atoms with E-state index in [1.54, 1.807) is 55.2 Å². The fourth-order valence-electron chi connectivity index (χ4n) is 5.98. The molecule has 0 aliphatic rings. The van der Waals surface area contributed by atoms with E-state index in [2.05, 4.69) is 27.3 Å². The normalized spacial score (nSPS) is 12.1. The molecule has 0 aliphatic heterocycles. The number of carbonyl (C=O) groups excluding carboxylic acids is 1. The number of benzene rings is 3. The summed E-state index contributed by atoms with van der Waals surface area (Å²) in [6, 6.07) is 22.7. The largest absolute Gasteiger partial charge is 0.490 e. The minimum Gasteiger partial charge on any atom is -0.480 e. The number of aliphatic carboxylic acids is 2. The fourth-order valence-corrected chi connectivity index (χ4v) is 7.61. The maximum Gasteiger partial charge on any atom is 0.490 e. The highest BCUT2D eigenvalue weighted by Gasteiger charge is 2.38. The van der Waals surface area contributed by atoms with E-state index >= 15 is 0 Å². The zero-order valence-corrected chi connectivity index (χ0v) is 31.3. The molecule has 1 atom stereocenters. The first-order valence-corrected chi connectivity index (χ1v) is 18.6. The maximum atomic E-state index is 14.0. The summed E-state index contributed by atoms with van der Waals surface area (Å²) in [5, 5.41) is 22.8. The number of alkyl halides is 3. The van der Waals surface area contributed by atoms with Crippen LogP contribution >= 0.6 is 0 Å². The Kier molecular flexibility index (Phi) is 13.7. The number of hydrogen-bond donors (Lipinski definition) is 4. The number of amides is 1. The van der Waals surface area contributed by atoms with Crippen LogP contribution in [0.2, 0.25) is 0 Å². The summed E-state index contributed by atoms with van der Waals surface area (Å²) < 4.78 is 61.0. The third-order valence-corrected chi connectivity index (χ3v) is 10.1. The number of carboxylic acids is 2. The van der Waals surface area contributed by atoms with Crippen LogP contribution in [0, 0.1) is 20.8 Å². The Morgan fingerprint density at radius 2 is 1.55 bits per heavy atom. The highest BCUT2D eigenvalue weighted by molar-refractivity contribution is 7.89. The number of rotatable bonds is 14. The first-order valence-electron chi connectivity index (χ1n) is 17.1. The fraction of sp³-hybridized carbons (Fsp3) is 0.289. The van der Waals surface area contributed by atoms with Crippen molar-refractivity contribution in [3.63, 3.8) is 0 Å². The zero-order valence-electron chi connectivity index (χ0n) is 30.5. The monoisotopic (exact) mass is 782 g/mol. The molecule has 4 N–H and O–H groups in total. The van der Waals surface area contributed by atoms with Gasteiger partial charge < -0.3 is 15.1 Å². The van der Waals surface area contributed by atoms with Gasteiger partial charge in [0.25, 0.3) is 5.91 Å². The van der Waals surface area contributed by atoms with Crippen molar-refractivity contribution < 1.29 is 46.2 Å². The molecule has 0 fully saturated rings. The van der Waals surface area contributed by atoms with Gasteiger partial charge in [0.15, 0.2) is 0 Å². The van der Waals surface area contributed by atoms with E-state index in [9.17, 15) is 36.3 Å². The number of halogens is 3. The first-order chi connectivity index (χ1) is 25.9. The van der Waals surface area contributed by atoms with E-state index in [0.29, 0.717) is 35.3 Å². The SMILES string of the molecule is CCCN(C[C@H](NS(=O)(=O)c1c(C)cc(C)cc1C)C(=O)O)C(=O)c1ccc2c(c1)c(CCc1ccccc1)nn2Nc1ccccn1.O=C(O)C(F)(F)F. The Morgan fingerprint density at radius 1 is 0.909 bits per heavy atom. The molecule has 0 radical (unpaired) electrons. The molecular weight excluding hydrogens is 742 g/mol. The number of nitrogens with one attached hydrogen (secondary N) is 2. The molecule has 2 aromatic heterocycles. The lowest BCUT2D eigenvalue weighted by molar-refractivity contribution is -0.192. The summed E-state index contributed by atoms with van der Waals surface area (Å²) in [5.41, 5.74) is 8.14. The first kappa shape index (κ1) is 41.9. The van der Waals surface area contributed by atoms with E-state index in [1.165, 1.54) is 4.90 Å². The second-order valence-corrected chi connectivity index (χ2v) is 14.3. The van der Waals surface area contributed by atoms with E-state index in [-0.39, 0.29) is 18.0 Å². The molecule has 0 saturated heterocycles. The Hall–Kier alpha value is -5.81. The van der Waals surface area contributed by atoms with Crippen molar-refractivity contribution in [1.29, 1.82) is 0 Å². The molecule has 5 aromatic rings. The number of carbonyl (C=O) groups is 3. The van der Waals surface area contributed by atoms with Gasteiger partial charge in [-0.25, -0.2) is 18.2 Å². The predicted molar refractivity (Wildman–Crippen MR) is 199 cm³/mol. The molecule has 0 aliphatic carbocycles. The van der Waals surface area contributed by atoms with Crippen LogP contribution < -0.4 is 10.1 Å². The van der Waals surface area contributed by atoms with Crippen LogP contribution in [-0.4, -0.2) is 81.6 Å². The molecule has 1 amide bonds. The molecule has 0 spiro atoms. The second-order valence-electron chi connectivity index (χ2n) is 12.7. The van der Waals surface area contributed by atoms with Crippen LogP contribution in [0.3, 0.4) is 0 Å². The van der Waals surface area contributed by atoms with Gasteiger partial charge in [0.1, 0.15) is 11.9 Å². The smallest absolute Gasteiger partial charge is 0.480 e. The van der Waals surface area contributed by atoms with Crippen LogP contribution in [0.4, 0.5) is 19.0 Å². The molecule has 0 saturated carbocycles.